The molecule has 0 saturated carbocycles. The molecule has 3 aromatic rings. The van der Waals surface area contributed by atoms with E-state index in [1.54, 1.807) is 37.1 Å². The predicted molar refractivity (Wildman–Crippen MR) is 125 cm³/mol. The van der Waals surface area contributed by atoms with E-state index in [1.165, 1.54) is 24.8 Å². The van der Waals surface area contributed by atoms with Crippen LogP contribution in [0.25, 0.3) is 11.0 Å². The highest BCUT2D eigenvalue weighted by Crippen LogP contribution is 2.35. The first-order valence-corrected chi connectivity index (χ1v) is 11.1. The lowest BCUT2D eigenvalue weighted by atomic mass is 9.97. The van der Waals surface area contributed by atoms with E-state index in [0.29, 0.717) is 47.0 Å². The zero-order chi connectivity index (χ0) is 25.5. The number of nitrogens with one attached hydrogen (secondary N) is 1. The van der Waals surface area contributed by atoms with Crippen molar-refractivity contribution in [3.8, 4) is 0 Å². The van der Waals surface area contributed by atoms with E-state index in [1.807, 2.05) is 0 Å². The lowest BCUT2D eigenvalue weighted by Gasteiger charge is -2.33. The summed E-state index contributed by atoms with van der Waals surface area (Å²) in [6, 6.07) is 5.33. The number of aromatic nitrogens is 3. The number of rotatable bonds is 4. The van der Waals surface area contributed by atoms with Gasteiger partial charge in [0, 0.05) is 20.0 Å². The Balaban J connectivity index is 1.68. The number of benzene rings is 1. The van der Waals surface area contributed by atoms with Crippen LogP contribution in [0.1, 0.15) is 42.4 Å². The minimum absolute atomic E-state index is 0.0191. The molecule has 184 valence electrons. The topological polar surface area (TPSA) is 91.3 Å². The largest absolute Gasteiger partial charge is 0.416 e. The van der Waals surface area contributed by atoms with E-state index in [2.05, 4.69) is 20.3 Å². The highest BCUT2D eigenvalue weighted by Gasteiger charge is 2.33. The van der Waals surface area contributed by atoms with Crippen LogP contribution < -0.4 is 10.2 Å². The van der Waals surface area contributed by atoms with E-state index < -0.39 is 17.8 Å². The summed E-state index contributed by atoms with van der Waals surface area (Å²) in [6.45, 7) is 7.03. The molecule has 1 fully saturated rings. The Kier molecular flexibility index (Phi) is 6.35. The van der Waals surface area contributed by atoms with Crippen molar-refractivity contribution in [2.75, 3.05) is 29.9 Å². The number of anilines is 2. The highest BCUT2D eigenvalue weighted by molar-refractivity contribution is 5.99. The smallest absolute Gasteiger partial charge is 0.363 e. The molecule has 0 spiro atoms. The summed E-state index contributed by atoms with van der Waals surface area (Å²) < 4.78 is 40.2. The number of hydrogen-bond donors (Lipinski definition) is 1. The van der Waals surface area contributed by atoms with Crippen LogP contribution in [0.5, 0.6) is 0 Å². The summed E-state index contributed by atoms with van der Waals surface area (Å²) in [4.78, 5) is 40.5. The van der Waals surface area contributed by atoms with Gasteiger partial charge in [-0.3, -0.25) is 9.59 Å². The molecule has 8 nitrogen and oxygen atoms in total. The molecule has 0 bridgehead atoms. The van der Waals surface area contributed by atoms with Crippen LogP contribution in [0.15, 0.2) is 30.5 Å². The number of halogens is 3. The molecule has 1 aromatic carbocycles. The first-order valence-electron chi connectivity index (χ1n) is 11.1. The maximum atomic E-state index is 13.4. The molecule has 0 unspecified atom stereocenters. The van der Waals surface area contributed by atoms with Crippen molar-refractivity contribution >= 4 is 34.4 Å². The van der Waals surface area contributed by atoms with Gasteiger partial charge in [-0.05, 0) is 44.0 Å². The van der Waals surface area contributed by atoms with Crippen LogP contribution in [0.4, 0.5) is 24.7 Å². The van der Waals surface area contributed by atoms with Crippen LogP contribution in [0.3, 0.4) is 0 Å². The average molecular weight is 486 g/mol. The standard InChI is InChI=1S/C24H25F3N6O2/c1-13-18(6-5-7-20(13)24(25,26)27)14(2)29-23-19-10-17(11-28-22(19)30-15(3)31-23)33-9-8-32(16(4)34)12-21(33)35/h5-7,10-11,14H,8-9,12H2,1-4H3,(H,28,29,30,31)/t14-/m1/s1. The van der Waals surface area contributed by atoms with Crippen LogP contribution >= 0.6 is 0 Å². The number of piperazine rings is 1. The number of nitrogens with zero attached hydrogens (tertiary/aromatic N) is 5. The number of pyridine rings is 1. The van der Waals surface area contributed by atoms with Gasteiger partial charge in [-0.15, -0.1) is 0 Å². The second-order valence-electron chi connectivity index (χ2n) is 8.55. The summed E-state index contributed by atoms with van der Waals surface area (Å²) in [5.41, 5.74) is 0.877. The van der Waals surface area contributed by atoms with Crippen LogP contribution in [-0.2, 0) is 15.8 Å². The second-order valence-corrected chi connectivity index (χ2v) is 8.55. The van der Waals surface area contributed by atoms with E-state index in [0.717, 1.165) is 6.07 Å². The molecular weight excluding hydrogens is 461 g/mol. The van der Waals surface area contributed by atoms with Gasteiger partial charge in [0.2, 0.25) is 11.8 Å². The fourth-order valence-electron chi connectivity index (χ4n) is 4.30. The molecule has 1 N–H and O–H groups in total. The molecule has 2 amide bonds. The maximum Gasteiger partial charge on any atom is 0.416 e. The van der Waals surface area contributed by atoms with Gasteiger partial charge in [-0.25, -0.2) is 15.0 Å². The van der Waals surface area contributed by atoms with Crippen LogP contribution in [0, 0.1) is 13.8 Å². The fourth-order valence-corrected chi connectivity index (χ4v) is 4.30. The van der Waals surface area contributed by atoms with E-state index >= 15 is 0 Å². The van der Waals surface area contributed by atoms with Crippen molar-refractivity contribution in [3.05, 3.63) is 53.0 Å². The first kappa shape index (κ1) is 24.4. The lowest BCUT2D eigenvalue weighted by molar-refractivity contribution is -0.138. The average Bonchev–Trinajstić information content (AvgIpc) is 2.78. The number of hydrogen-bond acceptors (Lipinski definition) is 6. The Morgan fingerprint density at radius 3 is 2.57 bits per heavy atom. The van der Waals surface area contributed by atoms with Crippen molar-refractivity contribution in [1.29, 1.82) is 0 Å². The molecule has 2 aromatic heterocycles. The van der Waals surface area contributed by atoms with Gasteiger partial charge < -0.3 is 15.1 Å². The summed E-state index contributed by atoms with van der Waals surface area (Å²) in [5.74, 6) is 0.451. The Labute approximate surface area is 200 Å². The molecule has 35 heavy (non-hydrogen) atoms. The van der Waals surface area contributed by atoms with E-state index in [-0.39, 0.29) is 23.9 Å². The Morgan fingerprint density at radius 2 is 1.91 bits per heavy atom. The van der Waals surface area contributed by atoms with E-state index in [4.69, 9.17) is 0 Å². The second kappa shape index (κ2) is 9.12. The third-order valence-electron chi connectivity index (χ3n) is 6.13. The van der Waals surface area contributed by atoms with Gasteiger partial charge >= 0.3 is 6.18 Å². The van der Waals surface area contributed by atoms with Gasteiger partial charge in [0.15, 0.2) is 5.65 Å². The zero-order valence-electron chi connectivity index (χ0n) is 19.8. The highest BCUT2D eigenvalue weighted by atomic mass is 19.4. The molecule has 11 heteroatoms. The summed E-state index contributed by atoms with van der Waals surface area (Å²) >= 11 is 0. The van der Waals surface area contributed by atoms with Crippen molar-refractivity contribution in [2.24, 2.45) is 0 Å². The normalized spacial score (nSPS) is 15.5. The Morgan fingerprint density at radius 1 is 1.17 bits per heavy atom. The minimum Gasteiger partial charge on any atom is -0.363 e. The molecule has 3 heterocycles. The monoisotopic (exact) mass is 486 g/mol. The molecule has 0 radical (unpaired) electrons. The molecular formula is C24H25F3N6O2. The third-order valence-corrected chi connectivity index (χ3v) is 6.13. The number of aryl methyl sites for hydroxylation is 1. The van der Waals surface area contributed by atoms with Gasteiger partial charge in [0.05, 0.1) is 28.9 Å². The van der Waals surface area contributed by atoms with Crippen molar-refractivity contribution < 1.29 is 22.8 Å². The molecule has 1 saturated heterocycles. The number of alkyl halides is 3. The molecule has 1 atom stereocenters. The quantitative estimate of drug-likeness (QED) is 0.599. The number of carbonyl (C=O) groups excluding carboxylic acids is 2. The molecule has 4 rings (SSSR count). The summed E-state index contributed by atoms with van der Waals surface area (Å²) in [5, 5.41) is 3.74. The number of amides is 2. The van der Waals surface area contributed by atoms with Gasteiger partial charge in [-0.2, -0.15) is 13.2 Å². The van der Waals surface area contributed by atoms with Gasteiger partial charge in [0.1, 0.15) is 18.2 Å². The SMILES string of the molecule is CC(=O)N1CCN(c2cnc3nc(C)nc(N[C@H](C)c4cccc(C(F)(F)F)c4C)c3c2)C(=O)C1. The third kappa shape index (κ3) is 4.89. The van der Waals surface area contributed by atoms with Gasteiger partial charge in [0.25, 0.3) is 0 Å². The fraction of sp³-hybridized carbons (Fsp3) is 0.375. The molecule has 1 aliphatic heterocycles. The summed E-state index contributed by atoms with van der Waals surface area (Å²) in [7, 11) is 0. The Hall–Kier alpha value is -3.76. The van der Waals surface area contributed by atoms with E-state index in [9.17, 15) is 22.8 Å². The zero-order valence-corrected chi connectivity index (χ0v) is 19.8. The van der Waals surface area contributed by atoms with Crippen molar-refractivity contribution in [3.63, 3.8) is 0 Å². The van der Waals surface area contributed by atoms with Crippen LogP contribution in [-0.4, -0.2) is 51.3 Å². The maximum absolute atomic E-state index is 13.4. The predicted octanol–water partition coefficient (Wildman–Crippen LogP) is 4.03. The first-order chi connectivity index (χ1) is 16.5. The minimum atomic E-state index is -4.45. The van der Waals surface area contributed by atoms with Gasteiger partial charge in [-0.1, -0.05) is 12.1 Å². The number of carbonyl (C=O) groups is 2. The number of fused-ring (bicyclic) bond motifs is 1. The molecule has 0 aliphatic carbocycles. The Bertz CT molecular complexity index is 1310. The summed E-state index contributed by atoms with van der Waals surface area (Å²) in [6.07, 6.45) is -2.91. The van der Waals surface area contributed by atoms with Crippen molar-refractivity contribution in [2.45, 2.75) is 39.9 Å². The molecule has 1 aliphatic rings. The lowest BCUT2D eigenvalue weighted by Crippen LogP contribution is -2.51. The van der Waals surface area contributed by atoms with Crippen molar-refractivity contribution in [1.82, 2.24) is 19.9 Å². The van der Waals surface area contributed by atoms with Crippen LogP contribution in [0.2, 0.25) is 0 Å².